The van der Waals surface area contributed by atoms with Crippen molar-refractivity contribution < 1.29 is 13.9 Å². The maximum Gasteiger partial charge on any atom is 0.250 e. The Balaban J connectivity index is 2.70. The van der Waals surface area contributed by atoms with Crippen LogP contribution in [0.25, 0.3) is 11.1 Å². The van der Waals surface area contributed by atoms with Crippen molar-refractivity contribution in [3.05, 3.63) is 53.6 Å². The number of hydrogen-bond donors (Lipinski definition) is 0. The van der Waals surface area contributed by atoms with Crippen LogP contribution in [0.2, 0.25) is 18.1 Å². The van der Waals surface area contributed by atoms with Crippen molar-refractivity contribution in [2.75, 3.05) is 14.2 Å². The van der Waals surface area contributed by atoms with E-state index >= 15 is 0 Å². The molecule has 0 aliphatic heterocycles. The molecule has 142 valence electrons. The molecule has 2 rings (SSSR count). The predicted octanol–water partition coefficient (Wildman–Crippen LogP) is 6.34. The molecular weight excluding hydrogens is 340 g/mol. The van der Waals surface area contributed by atoms with E-state index in [1.54, 1.807) is 14.2 Å². The van der Waals surface area contributed by atoms with E-state index < -0.39 is 14.6 Å². The van der Waals surface area contributed by atoms with Crippen molar-refractivity contribution in [2.45, 2.75) is 52.1 Å². The van der Waals surface area contributed by atoms with Gasteiger partial charge in [-0.2, -0.15) is 0 Å². The van der Waals surface area contributed by atoms with E-state index in [9.17, 15) is 0 Å². The van der Waals surface area contributed by atoms with Gasteiger partial charge in [0.25, 0.3) is 8.32 Å². The molecule has 0 aliphatic rings. The molecule has 0 aliphatic carbocycles. The van der Waals surface area contributed by atoms with Gasteiger partial charge in [0.05, 0.1) is 0 Å². The predicted molar refractivity (Wildman–Crippen MR) is 111 cm³/mol. The van der Waals surface area contributed by atoms with E-state index in [1.807, 2.05) is 6.07 Å². The van der Waals surface area contributed by atoms with Gasteiger partial charge in [0.15, 0.2) is 6.29 Å². The maximum absolute atomic E-state index is 6.71. The number of benzene rings is 2. The molecule has 0 fully saturated rings. The molecule has 0 heterocycles. The Bertz CT molecular complexity index is 743. The second-order valence-corrected chi connectivity index (χ2v) is 12.9. The summed E-state index contributed by atoms with van der Waals surface area (Å²) in [5.74, 6) is 0.905. The summed E-state index contributed by atoms with van der Waals surface area (Å²) in [5, 5.41) is 0.119. The lowest BCUT2D eigenvalue weighted by Crippen LogP contribution is -2.44. The summed E-state index contributed by atoms with van der Waals surface area (Å²) in [5.41, 5.74) is 4.39. The molecule has 2 aromatic rings. The van der Waals surface area contributed by atoms with Crippen LogP contribution in [0.3, 0.4) is 0 Å². The van der Waals surface area contributed by atoms with Crippen LogP contribution in [-0.4, -0.2) is 22.5 Å². The highest BCUT2D eigenvalue weighted by Crippen LogP contribution is 2.43. The van der Waals surface area contributed by atoms with Crippen LogP contribution in [0, 0.1) is 6.92 Å². The third-order valence-corrected chi connectivity index (χ3v) is 9.67. The third kappa shape index (κ3) is 4.19. The van der Waals surface area contributed by atoms with Crippen molar-refractivity contribution in [1.29, 1.82) is 0 Å². The molecule has 0 N–H and O–H groups in total. The van der Waals surface area contributed by atoms with Crippen molar-refractivity contribution in [1.82, 2.24) is 0 Å². The fraction of sp³-hybridized carbons (Fsp3) is 0.455. The smallest absolute Gasteiger partial charge is 0.250 e. The quantitative estimate of drug-likeness (QED) is 0.437. The van der Waals surface area contributed by atoms with Crippen LogP contribution < -0.4 is 4.43 Å². The highest BCUT2D eigenvalue weighted by atomic mass is 28.4. The van der Waals surface area contributed by atoms with Gasteiger partial charge in [-0.3, -0.25) is 0 Å². The molecule has 2 aromatic carbocycles. The molecule has 3 nitrogen and oxygen atoms in total. The van der Waals surface area contributed by atoms with Gasteiger partial charge in [-0.25, -0.2) is 0 Å². The summed E-state index contributed by atoms with van der Waals surface area (Å²) in [6.07, 6.45) is -0.437. The zero-order valence-electron chi connectivity index (χ0n) is 17.3. The van der Waals surface area contributed by atoms with Crippen molar-refractivity contribution in [3.8, 4) is 16.9 Å². The van der Waals surface area contributed by atoms with E-state index in [0.29, 0.717) is 0 Å². The summed E-state index contributed by atoms with van der Waals surface area (Å²) >= 11 is 0. The highest BCUT2D eigenvalue weighted by molar-refractivity contribution is 6.74. The van der Waals surface area contributed by atoms with Crippen molar-refractivity contribution >= 4 is 8.32 Å². The summed E-state index contributed by atoms with van der Waals surface area (Å²) in [6.45, 7) is 13.4. The van der Waals surface area contributed by atoms with Crippen molar-refractivity contribution in [2.24, 2.45) is 0 Å². The summed E-state index contributed by atoms with van der Waals surface area (Å²) in [4.78, 5) is 0. The average Bonchev–Trinajstić information content (AvgIpc) is 2.56. The third-order valence-electron chi connectivity index (χ3n) is 5.33. The molecule has 0 saturated heterocycles. The van der Waals surface area contributed by atoms with Crippen LogP contribution in [-0.2, 0) is 9.47 Å². The lowest BCUT2D eigenvalue weighted by Gasteiger charge is -2.37. The molecule has 0 saturated carbocycles. The van der Waals surface area contributed by atoms with Crippen LogP contribution in [0.1, 0.15) is 38.2 Å². The van der Waals surface area contributed by atoms with Gasteiger partial charge in [0.2, 0.25) is 0 Å². The van der Waals surface area contributed by atoms with E-state index in [-0.39, 0.29) is 5.04 Å². The number of methoxy groups -OCH3 is 2. The van der Waals surface area contributed by atoms with E-state index in [2.05, 4.69) is 77.2 Å². The number of rotatable bonds is 6. The molecule has 4 heteroatoms. The van der Waals surface area contributed by atoms with E-state index in [4.69, 9.17) is 13.9 Å². The van der Waals surface area contributed by atoms with Gasteiger partial charge in [0, 0.05) is 25.3 Å². The van der Waals surface area contributed by atoms with Gasteiger partial charge in [0.1, 0.15) is 5.75 Å². The topological polar surface area (TPSA) is 27.7 Å². The Morgan fingerprint density at radius 1 is 0.885 bits per heavy atom. The number of aryl methyl sites for hydroxylation is 1. The standard InChI is InChI=1S/C22H32O3Si/c1-16-12-9-10-13-17(16)20-18(21(23-5)24-6)14-11-15-19(20)25-26(7,8)22(2,3)4/h9-15,21H,1-8H3. The lowest BCUT2D eigenvalue weighted by molar-refractivity contribution is -0.105. The van der Waals surface area contributed by atoms with Gasteiger partial charge in [-0.15, -0.1) is 0 Å². The molecule has 0 atom stereocenters. The molecule has 0 aromatic heterocycles. The zero-order valence-corrected chi connectivity index (χ0v) is 18.3. The lowest BCUT2D eigenvalue weighted by atomic mass is 9.95. The first-order valence-electron chi connectivity index (χ1n) is 9.06. The summed E-state index contributed by atoms with van der Waals surface area (Å²) in [7, 11) is 1.34. The molecule has 0 radical (unpaired) electrons. The van der Waals surface area contributed by atoms with Gasteiger partial charge < -0.3 is 13.9 Å². The number of hydrogen-bond acceptors (Lipinski definition) is 3. The normalized spacial score (nSPS) is 12.5. The maximum atomic E-state index is 6.71. The Morgan fingerprint density at radius 2 is 1.50 bits per heavy atom. The Morgan fingerprint density at radius 3 is 2.04 bits per heavy atom. The fourth-order valence-corrected chi connectivity index (χ4v) is 3.78. The van der Waals surface area contributed by atoms with E-state index in [1.165, 1.54) is 5.56 Å². The Kier molecular flexibility index (Phi) is 6.32. The molecule has 0 spiro atoms. The zero-order chi connectivity index (χ0) is 19.5. The van der Waals surface area contributed by atoms with Crippen LogP contribution in [0.15, 0.2) is 42.5 Å². The minimum Gasteiger partial charge on any atom is -0.543 e. The first-order chi connectivity index (χ1) is 12.1. The van der Waals surface area contributed by atoms with Crippen molar-refractivity contribution in [3.63, 3.8) is 0 Å². The van der Waals surface area contributed by atoms with Gasteiger partial charge in [-0.05, 0) is 42.2 Å². The summed E-state index contributed by atoms with van der Waals surface area (Å²) in [6, 6.07) is 14.5. The minimum absolute atomic E-state index is 0.119. The molecule has 26 heavy (non-hydrogen) atoms. The Labute approximate surface area is 159 Å². The Hall–Kier alpha value is -1.62. The summed E-state index contributed by atoms with van der Waals surface area (Å²) < 4.78 is 17.9. The van der Waals surface area contributed by atoms with E-state index in [0.717, 1.165) is 22.4 Å². The van der Waals surface area contributed by atoms with Crippen LogP contribution in [0.4, 0.5) is 0 Å². The minimum atomic E-state index is -1.99. The van der Waals surface area contributed by atoms with Gasteiger partial charge in [-0.1, -0.05) is 57.2 Å². The first-order valence-corrected chi connectivity index (χ1v) is 12.0. The molecule has 0 unspecified atom stereocenters. The van der Waals surface area contributed by atoms with Gasteiger partial charge >= 0.3 is 0 Å². The average molecular weight is 373 g/mol. The number of ether oxygens (including phenoxy) is 2. The van der Waals surface area contributed by atoms with Crippen LogP contribution >= 0.6 is 0 Å². The molecular formula is C22H32O3Si. The SMILES string of the molecule is COC(OC)c1cccc(O[Si](C)(C)C(C)(C)C)c1-c1ccccc1C. The molecule has 0 bridgehead atoms. The molecule has 0 amide bonds. The largest absolute Gasteiger partial charge is 0.543 e. The fourth-order valence-electron chi connectivity index (χ4n) is 2.75. The monoisotopic (exact) mass is 372 g/mol. The second kappa shape index (κ2) is 7.95. The second-order valence-electron chi connectivity index (χ2n) is 8.20. The van der Waals surface area contributed by atoms with Crippen LogP contribution in [0.5, 0.6) is 5.75 Å². The highest BCUT2D eigenvalue weighted by Gasteiger charge is 2.39. The first kappa shape index (κ1) is 20.7.